The molecule has 2 aliphatic carbocycles. The third-order valence-corrected chi connectivity index (χ3v) is 7.29. The molecule has 6 nitrogen and oxygen atoms in total. The molecule has 0 radical (unpaired) electrons. The van der Waals surface area contributed by atoms with E-state index in [0.29, 0.717) is 36.9 Å². The Morgan fingerprint density at radius 2 is 1.87 bits per heavy atom. The number of nitrogens with one attached hydrogen (secondary N) is 1. The zero-order valence-electron chi connectivity index (χ0n) is 18.1. The van der Waals surface area contributed by atoms with E-state index in [2.05, 4.69) is 11.5 Å². The minimum Gasteiger partial charge on any atom is -0.342 e. The Hall–Kier alpha value is -2.91. The largest absolute Gasteiger partial charge is 0.342 e. The minimum absolute atomic E-state index is 0.125. The zero-order chi connectivity index (χ0) is 22.0. The van der Waals surface area contributed by atoms with E-state index >= 15 is 0 Å². The summed E-state index contributed by atoms with van der Waals surface area (Å²) in [6.07, 6.45) is 9.28. The molecule has 6 heteroatoms. The molecular weight excluding hydrogens is 388 g/mol. The first-order valence-corrected chi connectivity index (χ1v) is 11.2. The van der Waals surface area contributed by atoms with Crippen molar-refractivity contribution in [3.8, 4) is 6.07 Å². The lowest BCUT2D eigenvalue weighted by Crippen LogP contribution is -2.47. The number of nitrogens with zero attached hydrogens (tertiary/aromatic N) is 2. The van der Waals surface area contributed by atoms with Crippen molar-refractivity contribution in [1.29, 1.82) is 5.26 Å². The van der Waals surface area contributed by atoms with Gasteiger partial charge in [0.15, 0.2) is 0 Å². The Kier molecular flexibility index (Phi) is 5.97. The van der Waals surface area contributed by atoms with Crippen molar-refractivity contribution >= 4 is 11.8 Å². The number of rotatable bonds is 4. The quantitative estimate of drug-likeness (QED) is 0.445. The standard InChI is InChI=1S/C25H30N4O2/c1-25(12-9-21(23(30)28-27)22(15-25)17-6-4-7-17)24(31)29-13-10-18(11-14-29)20-8-3-2-5-19(20)16-26/h2-3,5,8-9,12,17-18H,4,6-7,10-11,13-15,27H2,1H3,(H,28,30). The maximum absolute atomic E-state index is 13.5. The van der Waals surface area contributed by atoms with E-state index in [4.69, 9.17) is 5.84 Å². The number of likely N-dealkylation sites (tertiary alicyclic amines) is 1. The summed E-state index contributed by atoms with van der Waals surface area (Å²) < 4.78 is 0. The Balaban J connectivity index is 1.47. The number of piperidine rings is 1. The van der Waals surface area contributed by atoms with Crippen LogP contribution in [0.3, 0.4) is 0 Å². The third kappa shape index (κ3) is 4.03. The number of nitrogens with two attached hydrogens (primary N) is 1. The number of hydrogen-bond acceptors (Lipinski definition) is 4. The lowest BCUT2D eigenvalue weighted by molar-refractivity contribution is -0.140. The first kappa shape index (κ1) is 21.3. The second kappa shape index (κ2) is 8.68. The van der Waals surface area contributed by atoms with E-state index in [9.17, 15) is 14.9 Å². The Morgan fingerprint density at radius 3 is 2.48 bits per heavy atom. The van der Waals surface area contributed by atoms with Crippen molar-refractivity contribution in [3.63, 3.8) is 0 Å². The Labute approximate surface area is 183 Å². The van der Waals surface area contributed by atoms with Gasteiger partial charge in [-0.25, -0.2) is 5.84 Å². The summed E-state index contributed by atoms with van der Waals surface area (Å²) >= 11 is 0. The molecule has 2 amide bonds. The van der Waals surface area contributed by atoms with Crippen LogP contribution < -0.4 is 11.3 Å². The molecule has 1 saturated heterocycles. The number of allylic oxidation sites excluding steroid dienone is 1. The molecule has 1 aromatic rings. The van der Waals surface area contributed by atoms with Crippen LogP contribution in [0.25, 0.3) is 0 Å². The van der Waals surface area contributed by atoms with Crippen molar-refractivity contribution in [2.75, 3.05) is 13.1 Å². The van der Waals surface area contributed by atoms with Crippen molar-refractivity contribution in [2.45, 2.75) is 51.4 Å². The van der Waals surface area contributed by atoms with Crippen molar-refractivity contribution in [3.05, 3.63) is 58.7 Å². The molecule has 3 aliphatic rings. The molecule has 2 fully saturated rings. The van der Waals surface area contributed by atoms with Gasteiger partial charge in [0.05, 0.1) is 17.0 Å². The third-order valence-electron chi connectivity index (χ3n) is 7.29. The molecular formula is C25H30N4O2. The van der Waals surface area contributed by atoms with E-state index in [1.54, 1.807) is 6.08 Å². The number of carbonyl (C=O) groups excluding carboxylic acids is 2. The fourth-order valence-corrected chi connectivity index (χ4v) is 5.20. The molecule has 31 heavy (non-hydrogen) atoms. The zero-order valence-corrected chi connectivity index (χ0v) is 18.1. The van der Waals surface area contributed by atoms with Gasteiger partial charge in [0, 0.05) is 18.7 Å². The summed E-state index contributed by atoms with van der Waals surface area (Å²) in [4.78, 5) is 27.8. The van der Waals surface area contributed by atoms with Crippen molar-refractivity contribution in [2.24, 2.45) is 17.2 Å². The number of carbonyl (C=O) groups is 2. The van der Waals surface area contributed by atoms with Crippen LogP contribution in [-0.2, 0) is 9.59 Å². The number of nitriles is 1. The number of amides is 2. The molecule has 1 heterocycles. The minimum atomic E-state index is -0.638. The van der Waals surface area contributed by atoms with E-state index in [1.165, 1.54) is 0 Å². The van der Waals surface area contributed by atoms with Gasteiger partial charge in [-0.2, -0.15) is 5.26 Å². The molecule has 1 saturated carbocycles. The van der Waals surface area contributed by atoms with Crippen molar-refractivity contribution in [1.82, 2.24) is 10.3 Å². The first-order valence-electron chi connectivity index (χ1n) is 11.2. The maximum Gasteiger partial charge on any atom is 0.265 e. The SMILES string of the molecule is CC1(C(=O)N2CCC(c3ccccc3C#N)CC2)C=CC(C(=O)NN)=C(C2CCC2)C1. The highest BCUT2D eigenvalue weighted by Crippen LogP contribution is 2.45. The van der Waals surface area contributed by atoms with Crippen LogP contribution in [0.15, 0.2) is 47.6 Å². The highest BCUT2D eigenvalue weighted by Gasteiger charge is 2.42. The van der Waals surface area contributed by atoms with Gasteiger partial charge in [0.25, 0.3) is 5.91 Å². The molecule has 0 aromatic heterocycles. The lowest BCUT2D eigenvalue weighted by Gasteiger charge is -2.41. The van der Waals surface area contributed by atoms with Crippen LogP contribution >= 0.6 is 0 Å². The van der Waals surface area contributed by atoms with Gasteiger partial charge < -0.3 is 4.90 Å². The van der Waals surface area contributed by atoms with Gasteiger partial charge in [0.2, 0.25) is 5.91 Å². The summed E-state index contributed by atoms with van der Waals surface area (Å²) in [6, 6.07) is 10.1. The molecule has 1 unspecified atom stereocenters. The monoisotopic (exact) mass is 418 g/mol. The number of benzene rings is 1. The van der Waals surface area contributed by atoms with Crippen LogP contribution in [0, 0.1) is 22.7 Å². The molecule has 0 bridgehead atoms. The summed E-state index contributed by atoms with van der Waals surface area (Å²) in [5.74, 6) is 5.92. The van der Waals surface area contributed by atoms with Crippen LogP contribution in [0.4, 0.5) is 0 Å². The molecule has 162 valence electrons. The summed E-state index contributed by atoms with van der Waals surface area (Å²) in [5, 5.41) is 9.40. The van der Waals surface area contributed by atoms with Gasteiger partial charge in [-0.15, -0.1) is 0 Å². The van der Waals surface area contributed by atoms with Crippen molar-refractivity contribution < 1.29 is 9.59 Å². The fourth-order valence-electron chi connectivity index (χ4n) is 5.20. The lowest BCUT2D eigenvalue weighted by atomic mass is 9.68. The molecule has 1 aliphatic heterocycles. The van der Waals surface area contributed by atoms with Gasteiger partial charge >= 0.3 is 0 Å². The van der Waals surface area contributed by atoms with E-state index in [0.717, 1.165) is 48.8 Å². The Bertz CT molecular complexity index is 977. The predicted molar refractivity (Wildman–Crippen MR) is 118 cm³/mol. The van der Waals surface area contributed by atoms with Crippen LogP contribution in [0.2, 0.25) is 0 Å². The van der Waals surface area contributed by atoms with E-state index in [1.807, 2.05) is 42.2 Å². The highest BCUT2D eigenvalue weighted by molar-refractivity contribution is 5.98. The number of hydrazine groups is 1. The summed E-state index contributed by atoms with van der Waals surface area (Å²) in [5.41, 5.74) is 5.14. The van der Waals surface area contributed by atoms with E-state index < -0.39 is 5.41 Å². The average Bonchev–Trinajstić information content (AvgIpc) is 2.77. The molecule has 0 spiro atoms. The fraction of sp³-hybridized carbons (Fsp3) is 0.480. The second-order valence-corrected chi connectivity index (χ2v) is 9.23. The topological polar surface area (TPSA) is 99.2 Å². The first-order chi connectivity index (χ1) is 15.0. The van der Waals surface area contributed by atoms with Gasteiger partial charge in [0.1, 0.15) is 0 Å². The van der Waals surface area contributed by atoms with Crippen LogP contribution in [0.1, 0.15) is 62.5 Å². The number of hydrogen-bond donors (Lipinski definition) is 2. The molecule has 1 atom stereocenters. The van der Waals surface area contributed by atoms with Gasteiger partial charge in [-0.1, -0.05) is 42.3 Å². The van der Waals surface area contributed by atoms with E-state index in [-0.39, 0.29) is 11.8 Å². The highest BCUT2D eigenvalue weighted by atomic mass is 16.2. The Morgan fingerprint density at radius 1 is 1.16 bits per heavy atom. The molecule has 3 N–H and O–H groups in total. The van der Waals surface area contributed by atoms with Gasteiger partial charge in [-0.05, 0) is 62.5 Å². The second-order valence-electron chi connectivity index (χ2n) is 9.23. The smallest absolute Gasteiger partial charge is 0.265 e. The normalized spacial score (nSPS) is 24.5. The van der Waals surface area contributed by atoms with Crippen LogP contribution in [0.5, 0.6) is 0 Å². The molecule has 1 aromatic carbocycles. The maximum atomic E-state index is 13.5. The summed E-state index contributed by atoms with van der Waals surface area (Å²) in [7, 11) is 0. The predicted octanol–water partition coefficient (Wildman–Crippen LogP) is 3.32. The molecule has 4 rings (SSSR count). The average molecular weight is 419 g/mol. The summed E-state index contributed by atoms with van der Waals surface area (Å²) in [6.45, 7) is 3.36. The van der Waals surface area contributed by atoms with Crippen LogP contribution in [-0.4, -0.2) is 29.8 Å². The van der Waals surface area contributed by atoms with Gasteiger partial charge in [-0.3, -0.25) is 15.0 Å².